The minimum atomic E-state index is -0.449. The zero-order valence-corrected chi connectivity index (χ0v) is 12.6. The van der Waals surface area contributed by atoms with Crippen LogP contribution in [0.2, 0.25) is 5.02 Å². The lowest BCUT2D eigenvalue weighted by molar-refractivity contribution is -0.137. The van der Waals surface area contributed by atoms with Crippen molar-refractivity contribution < 1.29 is 14.7 Å². The Labute approximate surface area is 128 Å². The van der Waals surface area contributed by atoms with E-state index >= 15 is 0 Å². The number of rotatable bonds is 4. The summed E-state index contributed by atoms with van der Waals surface area (Å²) in [7, 11) is 0. The van der Waals surface area contributed by atoms with E-state index in [1.807, 2.05) is 0 Å². The van der Waals surface area contributed by atoms with E-state index < -0.39 is 11.8 Å². The monoisotopic (exact) mass is 392 g/mol. The Hall–Kier alpha value is -1.12. The zero-order chi connectivity index (χ0) is 14.0. The Bertz CT molecular complexity index is 574. The van der Waals surface area contributed by atoms with Crippen molar-refractivity contribution in [3.05, 3.63) is 38.6 Å². The maximum atomic E-state index is 11.9. The molecule has 1 aromatic carbocycles. The van der Waals surface area contributed by atoms with E-state index in [1.165, 1.54) is 6.08 Å². The SMILES string of the molecule is O=C1C=C(Nc2cc(Cl)ccc2I)C(=O)N1CCO. The Balaban J connectivity index is 2.20. The maximum Gasteiger partial charge on any atom is 0.277 e. The highest BCUT2D eigenvalue weighted by Gasteiger charge is 2.30. The minimum Gasteiger partial charge on any atom is -0.395 e. The van der Waals surface area contributed by atoms with Crippen LogP contribution in [0.15, 0.2) is 30.0 Å². The third kappa shape index (κ3) is 3.07. The van der Waals surface area contributed by atoms with E-state index in [1.54, 1.807) is 18.2 Å². The van der Waals surface area contributed by atoms with Gasteiger partial charge in [0.1, 0.15) is 5.70 Å². The molecule has 1 aromatic rings. The standard InChI is InChI=1S/C12H10ClIN2O3/c13-7-1-2-8(14)9(5-7)15-10-6-11(18)16(3-4-17)12(10)19/h1-2,5-6,15,17H,3-4H2. The van der Waals surface area contributed by atoms with Crippen LogP contribution in [0.25, 0.3) is 0 Å². The molecule has 0 fully saturated rings. The van der Waals surface area contributed by atoms with Gasteiger partial charge in [0.2, 0.25) is 0 Å². The predicted molar refractivity (Wildman–Crippen MR) is 79.7 cm³/mol. The number of carbonyl (C=O) groups is 2. The zero-order valence-electron chi connectivity index (χ0n) is 9.69. The molecule has 19 heavy (non-hydrogen) atoms. The average Bonchev–Trinajstić information content (AvgIpc) is 2.62. The van der Waals surface area contributed by atoms with Crippen LogP contribution in [0.1, 0.15) is 0 Å². The molecule has 2 amide bonds. The number of imide groups is 1. The summed E-state index contributed by atoms with van der Waals surface area (Å²) in [5.41, 5.74) is 0.838. The third-order valence-electron chi connectivity index (χ3n) is 2.53. The lowest BCUT2D eigenvalue weighted by Crippen LogP contribution is -2.34. The van der Waals surface area contributed by atoms with Gasteiger partial charge in [-0.05, 0) is 40.8 Å². The highest BCUT2D eigenvalue weighted by atomic mass is 127. The van der Waals surface area contributed by atoms with E-state index in [2.05, 4.69) is 27.9 Å². The third-order valence-corrected chi connectivity index (χ3v) is 3.71. The molecule has 5 nitrogen and oxygen atoms in total. The molecule has 0 saturated heterocycles. The van der Waals surface area contributed by atoms with Gasteiger partial charge in [-0.3, -0.25) is 14.5 Å². The molecule has 0 saturated carbocycles. The second-order valence-corrected chi connectivity index (χ2v) is 5.42. The van der Waals surface area contributed by atoms with Gasteiger partial charge in [0, 0.05) is 14.7 Å². The van der Waals surface area contributed by atoms with Gasteiger partial charge in [-0.15, -0.1) is 0 Å². The second-order valence-electron chi connectivity index (χ2n) is 3.83. The summed E-state index contributed by atoms with van der Waals surface area (Å²) < 4.78 is 0.878. The molecule has 2 rings (SSSR count). The van der Waals surface area contributed by atoms with Crippen LogP contribution in [-0.4, -0.2) is 35.0 Å². The molecule has 1 aliphatic heterocycles. The van der Waals surface area contributed by atoms with E-state index in [4.69, 9.17) is 16.7 Å². The average molecular weight is 393 g/mol. The Kier molecular flexibility index (Phi) is 4.43. The number of amides is 2. The van der Waals surface area contributed by atoms with Crippen LogP contribution in [0.3, 0.4) is 0 Å². The van der Waals surface area contributed by atoms with Crippen molar-refractivity contribution in [3.63, 3.8) is 0 Å². The van der Waals surface area contributed by atoms with Gasteiger partial charge >= 0.3 is 0 Å². The van der Waals surface area contributed by atoms with Gasteiger partial charge < -0.3 is 10.4 Å². The summed E-state index contributed by atoms with van der Waals surface area (Å²) in [6.07, 6.45) is 1.22. The van der Waals surface area contributed by atoms with E-state index in [0.717, 1.165) is 8.47 Å². The molecule has 0 aliphatic carbocycles. The van der Waals surface area contributed by atoms with Crippen LogP contribution < -0.4 is 5.32 Å². The molecule has 1 heterocycles. The van der Waals surface area contributed by atoms with Crippen molar-refractivity contribution in [1.82, 2.24) is 4.90 Å². The lowest BCUT2D eigenvalue weighted by atomic mass is 10.3. The summed E-state index contributed by atoms with van der Waals surface area (Å²) in [5, 5.41) is 12.2. The van der Waals surface area contributed by atoms with Crippen molar-refractivity contribution >= 4 is 51.7 Å². The predicted octanol–water partition coefficient (Wildman–Crippen LogP) is 1.60. The van der Waals surface area contributed by atoms with Crippen molar-refractivity contribution in [3.8, 4) is 0 Å². The van der Waals surface area contributed by atoms with Gasteiger partial charge in [0.05, 0.1) is 18.8 Å². The maximum absolute atomic E-state index is 11.9. The number of hydrogen-bond donors (Lipinski definition) is 2. The summed E-state index contributed by atoms with van der Waals surface area (Å²) >= 11 is 7.99. The molecular formula is C12H10ClIN2O3. The first-order valence-electron chi connectivity index (χ1n) is 5.43. The summed E-state index contributed by atoms with van der Waals surface area (Å²) in [6.45, 7) is -0.265. The highest BCUT2D eigenvalue weighted by Crippen LogP contribution is 2.25. The number of hydrogen-bond acceptors (Lipinski definition) is 4. The topological polar surface area (TPSA) is 69.6 Å². The number of nitrogens with one attached hydrogen (secondary N) is 1. The largest absolute Gasteiger partial charge is 0.395 e. The minimum absolute atomic E-state index is 0.00795. The number of anilines is 1. The first kappa shape index (κ1) is 14.3. The quantitative estimate of drug-likeness (QED) is 0.603. The van der Waals surface area contributed by atoms with Gasteiger partial charge in [0.25, 0.3) is 11.8 Å². The summed E-state index contributed by atoms with van der Waals surface area (Å²) in [4.78, 5) is 24.5. The smallest absolute Gasteiger partial charge is 0.277 e. The Morgan fingerprint density at radius 3 is 2.79 bits per heavy atom. The van der Waals surface area contributed by atoms with E-state index in [-0.39, 0.29) is 18.8 Å². The lowest BCUT2D eigenvalue weighted by Gasteiger charge is -2.14. The van der Waals surface area contributed by atoms with Crippen molar-refractivity contribution in [1.29, 1.82) is 0 Å². The number of nitrogens with zero attached hydrogens (tertiary/aromatic N) is 1. The summed E-state index contributed by atoms with van der Waals surface area (Å²) in [5.74, 6) is -0.881. The first-order valence-corrected chi connectivity index (χ1v) is 6.89. The molecule has 100 valence electrons. The van der Waals surface area contributed by atoms with Crippen molar-refractivity contribution in [2.75, 3.05) is 18.5 Å². The number of aliphatic hydroxyl groups excluding tert-OH is 1. The molecule has 0 unspecified atom stereocenters. The number of carbonyl (C=O) groups excluding carboxylic acids is 2. The van der Waals surface area contributed by atoms with Crippen LogP contribution in [0, 0.1) is 3.57 Å². The molecule has 1 aliphatic rings. The van der Waals surface area contributed by atoms with Gasteiger partial charge in [0.15, 0.2) is 0 Å². The highest BCUT2D eigenvalue weighted by molar-refractivity contribution is 14.1. The van der Waals surface area contributed by atoms with Crippen LogP contribution in [-0.2, 0) is 9.59 Å². The molecule has 0 bridgehead atoms. The van der Waals surface area contributed by atoms with Crippen LogP contribution in [0.4, 0.5) is 5.69 Å². The molecule has 7 heteroatoms. The Morgan fingerprint density at radius 2 is 2.11 bits per heavy atom. The second kappa shape index (κ2) is 5.89. The molecular weight excluding hydrogens is 383 g/mol. The fraction of sp³-hybridized carbons (Fsp3) is 0.167. The Morgan fingerprint density at radius 1 is 1.37 bits per heavy atom. The van der Waals surface area contributed by atoms with Gasteiger partial charge in [-0.1, -0.05) is 11.6 Å². The molecule has 2 N–H and O–H groups in total. The van der Waals surface area contributed by atoms with Crippen LogP contribution in [0.5, 0.6) is 0 Å². The fourth-order valence-electron chi connectivity index (χ4n) is 1.65. The fourth-order valence-corrected chi connectivity index (χ4v) is 2.29. The number of halogens is 2. The molecule has 0 spiro atoms. The van der Waals surface area contributed by atoms with Gasteiger partial charge in [-0.2, -0.15) is 0 Å². The van der Waals surface area contributed by atoms with E-state index in [9.17, 15) is 9.59 Å². The van der Waals surface area contributed by atoms with Gasteiger partial charge in [-0.25, -0.2) is 0 Å². The number of benzene rings is 1. The molecule has 0 radical (unpaired) electrons. The van der Waals surface area contributed by atoms with Crippen LogP contribution >= 0.6 is 34.2 Å². The van der Waals surface area contributed by atoms with Crippen molar-refractivity contribution in [2.45, 2.75) is 0 Å². The molecule has 0 aromatic heterocycles. The molecule has 0 atom stereocenters. The number of β-amino-alcohol motifs (C(OH)–C–C–N with tert-alkyl or cyclic N) is 1. The van der Waals surface area contributed by atoms with Crippen molar-refractivity contribution in [2.24, 2.45) is 0 Å². The number of aliphatic hydroxyl groups is 1. The summed E-state index contributed by atoms with van der Waals surface area (Å²) in [6, 6.07) is 5.22. The van der Waals surface area contributed by atoms with E-state index in [0.29, 0.717) is 10.7 Å². The first-order chi connectivity index (χ1) is 9.02. The normalized spacial score (nSPS) is 14.9.